The third-order valence-electron chi connectivity index (χ3n) is 3.73. The Balaban J connectivity index is 1.66. The summed E-state index contributed by atoms with van der Waals surface area (Å²) < 4.78 is 0. The number of benzene rings is 1. The first-order valence-corrected chi connectivity index (χ1v) is 8.37. The lowest BCUT2D eigenvalue weighted by Crippen LogP contribution is -2.27. The van der Waals surface area contributed by atoms with Gasteiger partial charge in [0.2, 0.25) is 11.0 Å². The predicted octanol–water partition coefficient (Wildman–Crippen LogP) is 2.90. The number of nitrogens with zero attached hydrogens (tertiary/aromatic N) is 2. The van der Waals surface area contributed by atoms with E-state index in [2.05, 4.69) is 52.9 Å². The average molecular weight is 316 g/mol. The van der Waals surface area contributed by atoms with Gasteiger partial charge in [0, 0.05) is 18.0 Å². The Kier molecular flexibility index (Phi) is 4.49. The van der Waals surface area contributed by atoms with Gasteiger partial charge in [-0.3, -0.25) is 4.79 Å². The molecule has 116 valence electrons. The number of rotatable bonds is 4. The van der Waals surface area contributed by atoms with Gasteiger partial charge in [-0.15, -0.1) is 10.2 Å². The number of carbonyl (C=O) groups excluding carboxylic acids is 1. The zero-order valence-corrected chi connectivity index (χ0v) is 13.7. The molecule has 1 unspecified atom stereocenters. The van der Waals surface area contributed by atoms with Crippen LogP contribution < -0.4 is 10.6 Å². The van der Waals surface area contributed by atoms with Crippen molar-refractivity contribution in [1.29, 1.82) is 0 Å². The van der Waals surface area contributed by atoms with Gasteiger partial charge in [0.05, 0.1) is 0 Å². The van der Waals surface area contributed by atoms with Gasteiger partial charge in [0.15, 0.2) is 0 Å². The topological polar surface area (TPSA) is 66.9 Å². The van der Waals surface area contributed by atoms with Gasteiger partial charge < -0.3 is 10.6 Å². The maximum atomic E-state index is 12.0. The molecule has 0 bridgehead atoms. The van der Waals surface area contributed by atoms with Crippen LogP contribution in [0.5, 0.6) is 0 Å². The summed E-state index contributed by atoms with van der Waals surface area (Å²) in [4.78, 5) is 12.0. The number of carbonyl (C=O) groups is 1. The molecule has 0 saturated carbocycles. The van der Waals surface area contributed by atoms with Crippen molar-refractivity contribution < 1.29 is 4.79 Å². The molecule has 2 N–H and O–H groups in total. The average Bonchev–Trinajstić information content (AvgIpc) is 3.09. The van der Waals surface area contributed by atoms with Crippen molar-refractivity contribution in [2.45, 2.75) is 39.2 Å². The number of aryl methyl sites for hydroxylation is 2. The Morgan fingerprint density at radius 1 is 1.32 bits per heavy atom. The van der Waals surface area contributed by atoms with Gasteiger partial charge in [0.25, 0.3) is 0 Å². The normalized spacial score (nSPS) is 17.6. The van der Waals surface area contributed by atoms with Crippen LogP contribution in [0.2, 0.25) is 0 Å². The van der Waals surface area contributed by atoms with Crippen molar-refractivity contribution >= 4 is 22.4 Å². The molecular weight excluding hydrogens is 296 g/mol. The van der Waals surface area contributed by atoms with E-state index < -0.39 is 0 Å². The SMILES string of the molecule is Cc1cc(C)cc(-c2nnc(NC(=O)CC3CCCN3)s2)c1. The zero-order valence-electron chi connectivity index (χ0n) is 12.8. The smallest absolute Gasteiger partial charge is 0.227 e. The van der Waals surface area contributed by atoms with E-state index in [4.69, 9.17) is 0 Å². The zero-order chi connectivity index (χ0) is 15.5. The molecule has 1 aliphatic heterocycles. The van der Waals surface area contributed by atoms with Gasteiger partial charge in [-0.2, -0.15) is 0 Å². The third kappa shape index (κ3) is 3.69. The molecule has 1 aromatic carbocycles. The summed E-state index contributed by atoms with van der Waals surface area (Å²) >= 11 is 1.42. The molecule has 1 amide bonds. The predicted molar refractivity (Wildman–Crippen MR) is 89.1 cm³/mol. The molecule has 1 aliphatic rings. The van der Waals surface area contributed by atoms with E-state index in [-0.39, 0.29) is 5.91 Å². The molecule has 2 aromatic rings. The van der Waals surface area contributed by atoms with Crippen molar-refractivity contribution in [1.82, 2.24) is 15.5 Å². The Morgan fingerprint density at radius 3 is 2.77 bits per heavy atom. The molecule has 2 heterocycles. The van der Waals surface area contributed by atoms with E-state index in [0.717, 1.165) is 30.0 Å². The first-order chi connectivity index (χ1) is 10.6. The van der Waals surface area contributed by atoms with Crippen molar-refractivity contribution in [2.24, 2.45) is 0 Å². The molecule has 1 aromatic heterocycles. The third-order valence-corrected chi connectivity index (χ3v) is 4.62. The van der Waals surface area contributed by atoms with E-state index in [0.29, 0.717) is 17.6 Å². The van der Waals surface area contributed by atoms with E-state index in [9.17, 15) is 4.79 Å². The van der Waals surface area contributed by atoms with Crippen LogP contribution >= 0.6 is 11.3 Å². The first kappa shape index (κ1) is 15.1. The lowest BCUT2D eigenvalue weighted by molar-refractivity contribution is -0.116. The van der Waals surface area contributed by atoms with Gasteiger partial charge in [-0.1, -0.05) is 28.5 Å². The van der Waals surface area contributed by atoms with Crippen molar-refractivity contribution in [2.75, 3.05) is 11.9 Å². The number of hydrogen-bond acceptors (Lipinski definition) is 5. The van der Waals surface area contributed by atoms with E-state index in [1.807, 2.05) is 0 Å². The van der Waals surface area contributed by atoms with Crippen LogP contribution in [0.25, 0.3) is 10.6 Å². The Bertz CT molecular complexity index is 656. The largest absolute Gasteiger partial charge is 0.313 e. The number of amides is 1. The standard InChI is InChI=1S/C16H20N4OS/c1-10-6-11(2)8-12(7-10)15-19-20-16(22-15)18-14(21)9-13-4-3-5-17-13/h6-8,13,17H,3-5,9H2,1-2H3,(H,18,20,21). The van der Waals surface area contributed by atoms with Crippen LogP contribution in [0.15, 0.2) is 18.2 Å². The molecular formula is C16H20N4OS. The molecule has 3 rings (SSSR count). The highest BCUT2D eigenvalue weighted by molar-refractivity contribution is 7.18. The second-order valence-corrected chi connectivity index (χ2v) is 6.81. The van der Waals surface area contributed by atoms with Crippen LogP contribution in [0.3, 0.4) is 0 Å². The highest BCUT2D eigenvalue weighted by Gasteiger charge is 2.18. The van der Waals surface area contributed by atoms with E-state index >= 15 is 0 Å². The minimum Gasteiger partial charge on any atom is -0.313 e. The second-order valence-electron chi connectivity index (χ2n) is 5.83. The summed E-state index contributed by atoms with van der Waals surface area (Å²) in [5.41, 5.74) is 3.44. The van der Waals surface area contributed by atoms with E-state index in [1.165, 1.54) is 22.5 Å². The Morgan fingerprint density at radius 2 is 2.09 bits per heavy atom. The lowest BCUT2D eigenvalue weighted by atomic mass is 10.1. The van der Waals surface area contributed by atoms with Gasteiger partial charge in [-0.25, -0.2) is 0 Å². The molecule has 5 nitrogen and oxygen atoms in total. The summed E-state index contributed by atoms with van der Waals surface area (Å²) in [7, 11) is 0. The molecule has 0 spiro atoms. The summed E-state index contributed by atoms with van der Waals surface area (Å²) in [5.74, 6) is 0.00234. The summed E-state index contributed by atoms with van der Waals surface area (Å²) in [5, 5.41) is 15.9. The van der Waals surface area contributed by atoms with E-state index in [1.54, 1.807) is 0 Å². The van der Waals surface area contributed by atoms with Crippen LogP contribution in [0.4, 0.5) is 5.13 Å². The molecule has 6 heteroatoms. The molecule has 1 fully saturated rings. The van der Waals surface area contributed by atoms with Crippen LogP contribution in [-0.2, 0) is 4.79 Å². The van der Waals surface area contributed by atoms with Gasteiger partial charge in [-0.05, 0) is 45.4 Å². The maximum Gasteiger partial charge on any atom is 0.227 e. The monoisotopic (exact) mass is 316 g/mol. The fourth-order valence-corrected chi connectivity index (χ4v) is 3.56. The van der Waals surface area contributed by atoms with Crippen molar-refractivity contribution in [3.8, 4) is 10.6 Å². The quantitative estimate of drug-likeness (QED) is 0.910. The highest BCUT2D eigenvalue weighted by Crippen LogP contribution is 2.28. The van der Waals surface area contributed by atoms with Gasteiger partial charge in [0.1, 0.15) is 5.01 Å². The van der Waals surface area contributed by atoms with Crippen LogP contribution in [-0.4, -0.2) is 28.7 Å². The Hall–Kier alpha value is -1.79. The molecule has 1 atom stereocenters. The second kappa shape index (κ2) is 6.54. The molecule has 22 heavy (non-hydrogen) atoms. The van der Waals surface area contributed by atoms with Crippen LogP contribution in [0, 0.1) is 13.8 Å². The number of aromatic nitrogens is 2. The summed E-state index contributed by atoms with van der Waals surface area (Å²) in [6, 6.07) is 6.59. The fourth-order valence-electron chi connectivity index (χ4n) is 2.81. The van der Waals surface area contributed by atoms with Crippen LogP contribution in [0.1, 0.15) is 30.4 Å². The lowest BCUT2D eigenvalue weighted by Gasteiger charge is -2.08. The fraction of sp³-hybridized carbons (Fsp3) is 0.438. The van der Waals surface area contributed by atoms with Crippen molar-refractivity contribution in [3.05, 3.63) is 29.3 Å². The first-order valence-electron chi connectivity index (χ1n) is 7.55. The number of hydrogen-bond donors (Lipinski definition) is 2. The number of anilines is 1. The highest BCUT2D eigenvalue weighted by atomic mass is 32.1. The number of nitrogens with one attached hydrogen (secondary N) is 2. The minimum absolute atomic E-state index is 0.00234. The summed E-state index contributed by atoms with van der Waals surface area (Å²) in [6.45, 7) is 5.14. The molecule has 0 radical (unpaired) electrons. The molecule has 0 aliphatic carbocycles. The minimum atomic E-state index is 0.00234. The maximum absolute atomic E-state index is 12.0. The molecule has 1 saturated heterocycles. The Labute approximate surface area is 134 Å². The van der Waals surface area contributed by atoms with Gasteiger partial charge >= 0.3 is 0 Å². The van der Waals surface area contributed by atoms with Crippen molar-refractivity contribution in [3.63, 3.8) is 0 Å². The summed E-state index contributed by atoms with van der Waals surface area (Å²) in [6.07, 6.45) is 2.71.